The largest absolute Gasteiger partial charge is 0.496 e. The summed E-state index contributed by atoms with van der Waals surface area (Å²) in [6.07, 6.45) is 0.536. The minimum absolute atomic E-state index is 0.374. The Labute approximate surface area is 112 Å². The molecule has 0 radical (unpaired) electrons. The Bertz CT molecular complexity index is 570. The highest BCUT2D eigenvalue weighted by atomic mass is 16.5. The molecule has 1 aromatic heterocycles. The molecule has 0 atom stereocenters. The van der Waals surface area contributed by atoms with E-state index in [2.05, 4.69) is 10.1 Å². The maximum atomic E-state index is 5.94. The fourth-order valence-electron chi connectivity index (χ4n) is 1.81. The molecule has 19 heavy (non-hydrogen) atoms. The highest BCUT2D eigenvalue weighted by Gasteiger charge is 2.19. The molecule has 0 saturated heterocycles. The molecule has 1 aromatic carbocycles. The molecule has 0 bridgehead atoms. The van der Waals surface area contributed by atoms with Crippen LogP contribution in [-0.2, 0) is 6.42 Å². The minimum atomic E-state index is -0.374. The van der Waals surface area contributed by atoms with Crippen LogP contribution in [-0.4, -0.2) is 22.8 Å². The number of methoxy groups -OCH3 is 1. The first-order chi connectivity index (χ1) is 8.89. The van der Waals surface area contributed by atoms with Crippen molar-refractivity contribution in [1.29, 1.82) is 0 Å². The van der Waals surface area contributed by atoms with Crippen LogP contribution in [0.25, 0.3) is 11.4 Å². The van der Waals surface area contributed by atoms with Crippen LogP contribution in [0.4, 0.5) is 0 Å². The Morgan fingerprint density at radius 2 is 2.11 bits per heavy atom. The minimum Gasteiger partial charge on any atom is -0.496 e. The number of aromatic nitrogens is 2. The van der Waals surface area contributed by atoms with Crippen LogP contribution in [0.15, 0.2) is 22.7 Å². The van der Waals surface area contributed by atoms with E-state index >= 15 is 0 Å². The number of nitrogens with zero attached hydrogens (tertiary/aromatic N) is 2. The van der Waals surface area contributed by atoms with Gasteiger partial charge < -0.3 is 15.0 Å². The number of ether oxygens (including phenoxy) is 1. The first-order valence-electron chi connectivity index (χ1n) is 6.15. The van der Waals surface area contributed by atoms with Crippen molar-refractivity contribution in [2.75, 3.05) is 7.11 Å². The van der Waals surface area contributed by atoms with Gasteiger partial charge in [-0.05, 0) is 38.5 Å². The molecule has 2 N–H and O–H groups in total. The number of benzene rings is 1. The zero-order valence-electron chi connectivity index (χ0n) is 11.7. The quantitative estimate of drug-likeness (QED) is 0.914. The molecule has 5 heteroatoms. The maximum Gasteiger partial charge on any atom is 0.228 e. The Morgan fingerprint density at radius 3 is 2.74 bits per heavy atom. The van der Waals surface area contributed by atoms with E-state index in [1.54, 1.807) is 7.11 Å². The smallest absolute Gasteiger partial charge is 0.228 e. The average molecular weight is 261 g/mol. The monoisotopic (exact) mass is 261 g/mol. The van der Waals surface area contributed by atoms with Gasteiger partial charge in [-0.15, -0.1) is 0 Å². The van der Waals surface area contributed by atoms with Crippen LogP contribution in [0.5, 0.6) is 5.75 Å². The highest BCUT2D eigenvalue weighted by molar-refractivity contribution is 5.64. The lowest BCUT2D eigenvalue weighted by atomic mass is 10.0. The first-order valence-corrected chi connectivity index (χ1v) is 6.15. The van der Waals surface area contributed by atoms with Crippen molar-refractivity contribution in [2.24, 2.45) is 5.73 Å². The molecule has 102 valence electrons. The van der Waals surface area contributed by atoms with Gasteiger partial charge in [0.15, 0.2) is 0 Å². The van der Waals surface area contributed by atoms with Crippen LogP contribution in [0.2, 0.25) is 0 Å². The third-order valence-electron chi connectivity index (χ3n) is 2.67. The number of hydrogen-bond acceptors (Lipinski definition) is 5. The molecule has 0 aliphatic heterocycles. The van der Waals surface area contributed by atoms with Gasteiger partial charge in [-0.3, -0.25) is 0 Å². The third kappa shape index (κ3) is 3.32. The van der Waals surface area contributed by atoms with E-state index in [4.69, 9.17) is 15.0 Å². The van der Waals surface area contributed by atoms with Crippen LogP contribution >= 0.6 is 0 Å². The predicted octanol–water partition coefficient (Wildman–Crippen LogP) is 2.33. The summed E-state index contributed by atoms with van der Waals surface area (Å²) in [7, 11) is 1.63. The molecule has 0 aliphatic carbocycles. The second-order valence-corrected chi connectivity index (χ2v) is 5.38. The molecule has 0 aliphatic rings. The normalized spacial score (nSPS) is 11.6. The van der Waals surface area contributed by atoms with Gasteiger partial charge in [0.05, 0.1) is 12.7 Å². The summed E-state index contributed by atoms with van der Waals surface area (Å²) in [5.74, 6) is 1.79. The van der Waals surface area contributed by atoms with E-state index in [-0.39, 0.29) is 5.54 Å². The Hall–Kier alpha value is -1.88. The van der Waals surface area contributed by atoms with Gasteiger partial charge in [0.1, 0.15) is 5.75 Å². The van der Waals surface area contributed by atoms with Crippen LogP contribution < -0.4 is 10.5 Å². The van der Waals surface area contributed by atoms with Crippen molar-refractivity contribution in [3.63, 3.8) is 0 Å². The van der Waals surface area contributed by atoms with Crippen LogP contribution in [0.1, 0.15) is 25.3 Å². The zero-order valence-corrected chi connectivity index (χ0v) is 11.7. The summed E-state index contributed by atoms with van der Waals surface area (Å²) in [6, 6.07) is 5.86. The molecule has 1 heterocycles. The van der Waals surface area contributed by atoms with Gasteiger partial charge in [-0.25, -0.2) is 0 Å². The van der Waals surface area contributed by atoms with E-state index in [0.717, 1.165) is 16.9 Å². The summed E-state index contributed by atoms with van der Waals surface area (Å²) in [5.41, 5.74) is 7.50. The highest BCUT2D eigenvalue weighted by Crippen LogP contribution is 2.28. The van der Waals surface area contributed by atoms with Crippen molar-refractivity contribution in [2.45, 2.75) is 32.7 Å². The molecule has 5 nitrogen and oxygen atoms in total. The average Bonchev–Trinajstić information content (AvgIpc) is 2.74. The Kier molecular flexibility index (Phi) is 3.57. The first kappa shape index (κ1) is 13.5. The van der Waals surface area contributed by atoms with E-state index in [1.165, 1.54) is 0 Å². The molecule has 0 saturated carbocycles. The van der Waals surface area contributed by atoms with Crippen molar-refractivity contribution in [3.05, 3.63) is 29.7 Å². The Morgan fingerprint density at radius 1 is 1.37 bits per heavy atom. The number of aryl methyl sites for hydroxylation is 1. The van der Waals surface area contributed by atoms with Gasteiger partial charge in [-0.2, -0.15) is 4.98 Å². The van der Waals surface area contributed by atoms with Gasteiger partial charge >= 0.3 is 0 Å². The second-order valence-electron chi connectivity index (χ2n) is 5.38. The van der Waals surface area contributed by atoms with Crippen molar-refractivity contribution < 1.29 is 9.26 Å². The topological polar surface area (TPSA) is 74.2 Å². The van der Waals surface area contributed by atoms with Gasteiger partial charge in [0, 0.05) is 12.0 Å². The van der Waals surface area contributed by atoms with Crippen molar-refractivity contribution >= 4 is 0 Å². The SMILES string of the molecule is COc1cc(C)ccc1-c1noc(CC(C)(C)N)n1. The Balaban J connectivity index is 2.33. The van der Waals surface area contributed by atoms with Crippen molar-refractivity contribution in [3.8, 4) is 17.1 Å². The van der Waals surface area contributed by atoms with Gasteiger partial charge in [-0.1, -0.05) is 11.2 Å². The summed E-state index contributed by atoms with van der Waals surface area (Å²) >= 11 is 0. The molecule has 0 fully saturated rings. The summed E-state index contributed by atoms with van der Waals surface area (Å²) in [6.45, 7) is 5.84. The van der Waals surface area contributed by atoms with E-state index in [9.17, 15) is 0 Å². The van der Waals surface area contributed by atoms with Crippen molar-refractivity contribution in [1.82, 2.24) is 10.1 Å². The lowest BCUT2D eigenvalue weighted by Crippen LogP contribution is -2.34. The lowest BCUT2D eigenvalue weighted by molar-refractivity contribution is 0.348. The summed E-state index contributed by atoms with van der Waals surface area (Å²) in [4.78, 5) is 4.37. The second kappa shape index (κ2) is 5.01. The van der Waals surface area contributed by atoms with E-state index < -0.39 is 0 Å². The fraction of sp³-hybridized carbons (Fsp3) is 0.429. The number of hydrogen-bond donors (Lipinski definition) is 1. The predicted molar refractivity (Wildman–Crippen MR) is 73.0 cm³/mol. The molecule has 0 unspecified atom stereocenters. The van der Waals surface area contributed by atoms with Crippen LogP contribution in [0.3, 0.4) is 0 Å². The standard InChI is InChI=1S/C14H19N3O2/c1-9-5-6-10(11(7-9)18-4)13-16-12(19-17-13)8-14(2,3)15/h5-7H,8,15H2,1-4H3. The molecular weight excluding hydrogens is 242 g/mol. The van der Waals surface area contributed by atoms with E-state index in [0.29, 0.717) is 18.1 Å². The third-order valence-corrected chi connectivity index (χ3v) is 2.67. The number of rotatable bonds is 4. The van der Waals surface area contributed by atoms with Gasteiger partial charge in [0.2, 0.25) is 11.7 Å². The molecule has 2 aromatic rings. The van der Waals surface area contributed by atoms with Crippen LogP contribution in [0, 0.1) is 6.92 Å². The fourth-order valence-corrected chi connectivity index (χ4v) is 1.81. The summed E-state index contributed by atoms with van der Waals surface area (Å²) in [5, 5.41) is 3.99. The molecule has 0 spiro atoms. The molecule has 2 rings (SSSR count). The number of nitrogens with two attached hydrogens (primary N) is 1. The lowest BCUT2D eigenvalue weighted by Gasteiger charge is -2.14. The van der Waals surface area contributed by atoms with E-state index in [1.807, 2.05) is 39.0 Å². The zero-order chi connectivity index (χ0) is 14.0. The molecular formula is C14H19N3O2. The maximum absolute atomic E-state index is 5.94. The summed E-state index contributed by atoms with van der Waals surface area (Å²) < 4.78 is 10.6. The molecule has 0 amide bonds. The van der Waals surface area contributed by atoms with Gasteiger partial charge in [0.25, 0.3) is 0 Å².